The van der Waals surface area contributed by atoms with Gasteiger partial charge in [-0.05, 0) is 18.2 Å². The van der Waals surface area contributed by atoms with E-state index in [9.17, 15) is 9.59 Å². The molecule has 0 bridgehead atoms. The zero-order chi connectivity index (χ0) is 21.4. The molecular weight excluding hydrogens is 404 g/mol. The second kappa shape index (κ2) is 7.52. The Balaban J connectivity index is 1.76. The first-order valence-electron chi connectivity index (χ1n) is 8.93. The lowest BCUT2D eigenvalue weighted by molar-refractivity contribution is 0.0995. The van der Waals surface area contributed by atoms with Crippen molar-refractivity contribution in [3.8, 4) is 0 Å². The molecule has 0 aliphatic rings. The van der Waals surface area contributed by atoms with Crippen LogP contribution in [0, 0.1) is 5.41 Å². The van der Waals surface area contributed by atoms with E-state index >= 15 is 0 Å². The van der Waals surface area contributed by atoms with Gasteiger partial charge in [-0.2, -0.15) is 5.10 Å². The molecule has 0 unspecified atom stereocenters. The first kappa shape index (κ1) is 19.5. The van der Waals surface area contributed by atoms with Crippen LogP contribution in [-0.4, -0.2) is 36.4 Å². The van der Waals surface area contributed by atoms with Crippen LogP contribution >= 0.6 is 11.3 Å². The molecular formula is C19H18N8O2S. The second-order valence-corrected chi connectivity index (χ2v) is 7.74. The number of nitrogens with one attached hydrogen (secondary N) is 1. The Morgan fingerprint density at radius 1 is 1.30 bits per heavy atom. The molecule has 152 valence electrons. The number of hydrogen-bond donors (Lipinski definition) is 3. The van der Waals surface area contributed by atoms with E-state index in [1.165, 1.54) is 28.2 Å². The van der Waals surface area contributed by atoms with Gasteiger partial charge in [-0.25, -0.2) is 14.6 Å². The molecule has 0 radical (unpaired) electrons. The second-order valence-electron chi connectivity index (χ2n) is 6.65. The number of amides is 1. The summed E-state index contributed by atoms with van der Waals surface area (Å²) in [6.07, 6.45) is 4.72. The predicted molar refractivity (Wildman–Crippen MR) is 115 cm³/mol. The number of rotatable bonds is 6. The largest absolute Gasteiger partial charge is 0.402 e. The van der Waals surface area contributed by atoms with Gasteiger partial charge in [0.2, 0.25) is 0 Å². The van der Waals surface area contributed by atoms with Gasteiger partial charge in [0, 0.05) is 30.8 Å². The number of thiazole rings is 1. The van der Waals surface area contributed by atoms with Crippen LogP contribution in [-0.2, 0) is 20.0 Å². The topological polar surface area (TPSA) is 159 Å². The summed E-state index contributed by atoms with van der Waals surface area (Å²) >= 11 is 1.45. The van der Waals surface area contributed by atoms with Crippen LogP contribution in [0.3, 0.4) is 0 Å². The zero-order valence-corrected chi connectivity index (χ0v) is 16.8. The van der Waals surface area contributed by atoms with Crippen LogP contribution in [0.1, 0.15) is 21.2 Å². The number of hydrogen-bond acceptors (Lipinski definition) is 8. The monoisotopic (exact) mass is 422 g/mol. The molecule has 0 atom stereocenters. The van der Waals surface area contributed by atoms with Crippen molar-refractivity contribution < 1.29 is 4.79 Å². The number of nitrogens with zero attached hydrogens (tertiary/aromatic N) is 5. The van der Waals surface area contributed by atoms with E-state index in [-0.39, 0.29) is 17.8 Å². The van der Waals surface area contributed by atoms with Gasteiger partial charge in [0.25, 0.3) is 11.5 Å². The summed E-state index contributed by atoms with van der Waals surface area (Å²) in [4.78, 5) is 33.2. The minimum absolute atomic E-state index is 0.109. The SMILES string of the molecule is Cn1c2nc(CC(N)=CC=N)sc2c2cnn(Cc3cccc(C(N)=O)n3)c(=O)c21. The minimum Gasteiger partial charge on any atom is -0.402 e. The molecule has 4 aromatic heterocycles. The fraction of sp³-hybridized carbons (Fsp3) is 0.158. The average molecular weight is 422 g/mol. The molecule has 0 aliphatic heterocycles. The third-order valence-corrected chi connectivity index (χ3v) is 5.67. The maximum absolute atomic E-state index is 13.1. The van der Waals surface area contributed by atoms with E-state index in [0.29, 0.717) is 34.4 Å². The van der Waals surface area contributed by atoms with E-state index in [2.05, 4.69) is 15.1 Å². The Bertz CT molecular complexity index is 1400. The summed E-state index contributed by atoms with van der Waals surface area (Å²) in [5.41, 5.74) is 13.2. The van der Waals surface area contributed by atoms with Crippen molar-refractivity contribution in [2.75, 3.05) is 0 Å². The number of fused-ring (bicyclic) bond motifs is 3. The van der Waals surface area contributed by atoms with Crippen LogP contribution in [0.25, 0.3) is 21.3 Å². The fourth-order valence-electron chi connectivity index (χ4n) is 3.22. The van der Waals surface area contributed by atoms with Crippen molar-refractivity contribution in [2.45, 2.75) is 13.0 Å². The van der Waals surface area contributed by atoms with E-state index in [1.807, 2.05) is 0 Å². The smallest absolute Gasteiger partial charge is 0.291 e. The van der Waals surface area contributed by atoms with Gasteiger partial charge in [0.1, 0.15) is 16.2 Å². The standard InChI is InChI=1S/C19H18N8O2S/c1-26-15-12(16-18(26)25-14(30-16)7-10(21)5-6-20)8-23-27(19(15)29)9-11-3-2-4-13(24-11)17(22)28/h2-6,8,20H,7,9,21H2,1H3,(H2,22,28). The molecule has 4 heterocycles. The van der Waals surface area contributed by atoms with Gasteiger partial charge >= 0.3 is 0 Å². The van der Waals surface area contributed by atoms with Gasteiger partial charge in [-0.3, -0.25) is 9.59 Å². The molecule has 0 aromatic carbocycles. The van der Waals surface area contributed by atoms with E-state index in [1.54, 1.807) is 29.9 Å². The highest BCUT2D eigenvalue weighted by atomic mass is 32.1. The normalized spacial score (nSPS) is 12.0. The molecule has 4 rings (SSSR count). The average Bonchev–Trinajstić information content (AvgIpc) is 3.23. The van der Waals surface area contributed by atoms with Gasteiger partial charge in [-0.15, -0.1) is 11.3 Å². The van der Waals surface area contributed by atoms with Gasteiger partial charge < -0.3 is 21.4 Å². The number of allylic oxidation sites excluding steroid dienone is 2. The first-order valence-corrected chi connectivity index (χ1v) is 9.75. The van der Waals surface area contributed by atoms with Crippen molar-refractivity contribution in [1.29, 1.82) is 5.41 Å². The van der Waals surface area contributed by atoms with Crippen LogP contribution in [0.5, 0.6) is 0 Å². The van der Waals surface area contributed by atoms with Gasteiger partial charge in [0.05, 0.1) is 23.1 Å². The number of carbonyl (C=O) groups is 1. The van der Waals surface area contributed by atoms with Crippen molar-refractivity contribution >= 4 is 44.7 Å². The van der Waals surface area contributed by atoms with Crippen molar-refractivity contribution in [2.24, 2.45) is 18.5 Å². The summed E-state index contributed by atoms with van der Waals surface area (Å²) in [5.74, 6) is -0.631. The lowest BCUT2D eigenvalue weighted by Gasteiger charge is -2.06. The maximum Gasteiger partial charge on any atom is 0.291 e. The lowest BCUT2D eigenvalue weighted by atomic mass is 10.3. The Morgan fingerprint density at radius 2 is 2.10 bits per heavy atom. The van der Waals surface area contributed by atoms with Crippen LogP contribution in [0.4, 0.5) is 0 Å². The highest BCUT2D eigenvalue weighted by molar-refractivity contribution is 7.19. The van der Waals surface area contributed by atoms with Crippen molar-refractivity contribution in [3.63, 3.8) is 0 Å². The van der Waals surface area contributed by atoms with Gasteiger partial charge in [0.15, 0.2) is 5.65 Å². The summed E-state index contributed by atoms with van der Waals surface area (Å²) < 4.78 is 3.90. The highest BCUT2D eigenvalue weighted by Crippen LogP contribution is 2.31. The molecule has 0 saturated heterocycles. The van der Waals surface area contributed by atoms with Crippen LogP contribution in [0.2, 0.25) is 0 Å². The molecule has 4 aromatic rings. The van der Waals surface area contributed by atoms with Crippen LogP contribution < -0.4 is 17.0 Å². The summed E-state index contributed by atoms with van der Waals surface area (Å²) in [7, 11) is 1.78. The Hall–Kier alpha value is -3.86. The molecule has 0 spiro atoms. The Kier molecular flexibility index (Phi) is 4.88. The zero-order valence-electron chi connectivity index (χ0n) is 16.0. The minimum atomic E-state index is -0.631. The lowest BCUT2D eigenvalue weighted by Crippen LogP contribution is -2.25. The summed E-state index contributed by atoms with van der Waals surface area (Å²) in [6.45, 7) is 0.109. The molecule has 30 heavy (non-hydrogen) atoms. The van der Waals surface area contributed by atoms with E-state index < -0.39 is 5.91 Å². The molecule has 5 N–H and O–H groups in total. The van der Waals surface area contributed by atoms with Crippen molar-refractivity contribution in [1.82, 2.24) is 24.3 Å². The quantitative estimate of drug-likeness (QED) is 0.392. The summed E-state index contributed by atoms with van der Waals surface area (Å²) in [5, 5.41) is 12.9. The third kappa shape index (κ3) is 3.35. The fourth-order valence-corrected chi connectivity index (χ4v) is 4.36. The Morgan fingerprint density at radius 3 is 2.83 bits per heavy atom. The van der Waals surface area contributed by atoms with Crippen LogP contribution in [0.15, 0.2) is 41.0 Å². The number of pyridine rings is 1. The molecule has 0 saturated carbocycles. The molecule has 0 aliphatic carbocycles. The first-order chi connectivity index (χ1) is 14.4. The number of primary amides is 1. The van der Waals surface area contributed by atoms with Crippen molar-refractivity contribution in [3.05, 3.63) is 62.9 Å². The number of aromatic nitrogens is 5. The molecule has 0 fully saturated rings. The molecule has 1 amide bonds. The number of aryl methyl sites for hydroxylation is 1. The van der Waals surface area contributed by atoms with E-state index in [0.717, 1.165) is 15.9 Å². The van der Waals surface area contributed by atoms with Gasteiger partial charge in [-0.1, -0.05) is 6.07 Å². The van der Waals surface area contributed by atoms with E-state index in [4.69, 9.17) is 16.9 Å². The number of nitrogens with two attached hydrogens (primary N) is 2. The Labute approximate surface area is 174 Å². The molecule has 10 nitrogen and oxygen atoms in total. The molecule has 11 heteroatoms. The third-order valence-electron chi connectivity index (χ3n) is 4.59. The maximum atomic E-state index is 13.1. The number of carbonyl (C=O) groups excluding carboxylic acids is 1. The predicted octanol–water partition coefficient (Wildman–Crippen LogP) is 0.922. The summed E-state index contributed by atoms with van der Waals surface area (Å²) in [6, 6.07) is 4.88. The highest BCUT2D eigenvalue weighted by Gasteiger charge is 2.18.